The van der Waals surface area contributed by atoms with E-state index in [1.54, 1.807) is 12.1 Å². The Hall–Kier alpha value is -3.06. The molecule has 0 atom stereocenters. The highest BCUT2D eigenvalue weighted by molar-refractivity contribution is 6.05. The Kier molecular flexibility index (Phi) is 5.40. The lowest BCUT2D eigenvalue weighted by Gasteiger charge is -2.35. The summed E-state index contributed by atoms with van der Waals surface area (Å²) in [5.74, 6) is 0.790. The van der Waals surface area contributed by atoms with E-state index < -0.39 is 0 Å². The van der Waals surface area contributed by atoms with Gasteiger partial charge in [0.15, 0.2) is 17.3 Å². The number of ether oxygens (including phenoxy) is 2. The topological polar surface area (TPSA) is 71.1 Å². The number of hydrogen-bond donors (Lipinski definition) is 1. The number of nitrogens with one attached hydrogen (secondary N) is 1. The zero-order valence-corrected chi connectivity index (χ0v) is 16.7. The average Bonchev–Trinajstić information content (AvgIpc) is 3.15. The maximum atomic E-state index is 12.6. The van der Waals surface area contributed by atoms with Crippen molar-refractivity contribution < 1.29 is 19.1 Å². The molecular weight excluding hydrogens is 370 g/mol. The number of carbonyl (C=O) groups is 2. The fourth-order valence-corrected chi connectivity index (χ4v) is 3.72. The lowest BCUT2D eigenvalue weighted by molar-refractivity contribution is -0.117. The number of ketones is 1. The predicted octanol–water partition coefficient (Wildman–Crippen LogP) is 2.69. The zero-order valence-electron chi connectivity index (χ0n) is 16.7. The summed E-state index contributed by atoms with van der Waals surface area (Å²) in [7, 11) is 0. The molecule has 2 aliphatic heterocycles. The smallest absolute Gasteiger partial charge is 0.238 e. The lowest BCUT2D eigenvalue weighted by atomic mass is 10.1. The van der Waals surface area contributed by atoms with Gasteiger partial charge in [-0.05, 0) is 37.6 Å². The van der Waals surface area contributed by atoms with Crippen LogP contribution in [0.3, 0.4) is 0 Å². The molecule has 1 saturated heterocycles. The van der Waals surface area contributed by atoms with Crippen LogP contribution in [0.5, 0.6) is 11.5 Å². The summed E-state index contributed by atoms with van der Waals surface area (Å²) in [6, 6.07) is 11.8. The summed E-state index contributed by atoms with van der Waals surface area (Å²) in [6.45, 7) is 7.33. The van der Waals surface area contributed by atoms with Crippen LogP contribution in [0.4, 0.5) is 11.4 Å². The minimum absolute atomic E-state index is 0.120. The first-order valence-corrected chi connectivity index (χ1v) is 9.78. The molecule has 0 aliphatic carbocycles. The van der Waals surface area contributed by atoms with Crippen molar-refractivity contribution in [3.63, 3.8) is 0 Å². The highest BCUT2D eigenvalue weighted by Crippen LogP contribution is 2.37. The molecule has 0 aromatic heterocycles. The summed E-state index contributed by atoms with van der Waals surface area (Å²) in [5, 5.41) is 2.87. The average molecular weight is 395 g/mol. The van der Waals surface area contributed by atoms with Gasteiger partial charge in [-0.3, -0.25) is 14.5 Å². The monoisotopic (exact) mass is 395 g/mol. The third kappa shape index (κ3) is 4.35. The van der Waals surface area contributed by atoms with Gasteiger partial charge in [0.05, 0.1) is 12.2 Å². The number of benzene rings is 2. The van der Waals surface area contributed by atoms with Gasteiger partial charge in [-0.1, -0.05) is 12.1 Å². The van der Waals surface area contributed by atoms with Crippen molar-refractivity contribution in [1.29, 1.82) is 0 Å². The molecule has 4 rings (SSSR count). The summed E-state index contributed by atoms with van der Waals surface area (Å²) in [4.78, 5) is 29.0. The molecule has 2 heterocycles. The number of amides is 1. The van der Waals surface area contributed by atoms with Gasteiger partial charge in [-0.15, -0.1) is 0 Å². The number of fused-ring (bicyclic) bond motifs is 1. The van der Waals surface area contributed by atoms with Gasteiger partial charge in [-0.2, -0.15) is 0 Å². The Morgan fingerprint density at radius 1 is 1.03 bits per heavy atom. The van der Waals surface area contributed by atoms with Gasteiger partial charge in [0, 0.05) is 43.5 Å². The second-order valence-corrected chi connectivity index (χ2v) is 7.46. The predicted molar refractivity (Wildman–Crippen MR) is 111 cm³/mol. The van der Waals surface area contributed by atoms with E-state index in [1.165, 1.54) is 18.2 Å². The van der Waals surface area contributed by atoms with Crippen molar-refractivity contribution >= 4 is 23.1 Å². The number of hydrogen-bond acceptors (Lipinski definition) is 6. The van der Waals surface area contributed by atoms with Crippen LogP contribution < -0.4 is 19.7 Å². The molecule has 7 heteroatoms. The van der Waals surface area contributed by atoms with Crippen LogP contribution in [0, 0.1) is 6.92 Å². The second kappa shape index (κ2) is 8.13. The van der Waals surface area contributed by atoms with Crippen molar-refractivity contribution in [2.24, 2.45) is 0 Å². The van der Waals surface area contributed by atoms with Gasteiger partial charge >= 0.3 is 0 Å². The maximum absolute atomic E-state index is 12.6. The summed E-state index contributed by atoms with van der Waals surface area (Å²) in [6.07, 6.45) is 0. The van der Waals surface area contributed by atoms with Crippen LogP contribution in [0.1, 0.15) is 22.8 Å². The van der Waals surface area contributed by atoms with Gasteiger partial charge in [-0.25, -0.2) is 0 Å². The molecule has 2 aromatic rings. The molecule has 1 fully saturated rings. The molecule has 0 bridgehead atoms. The van der Waals surface area contributed by atoms with E-state index in [1.807, 2.05) is 0 Å². The summed E-state index contributed by atoms with van der Waals surface area (Å²) < 4.78 is 10.7. The van der Waals surface area contributed by atoms with E-state index in [0.29, 0.717) is 22.7 Å². The Labute approximate surface area is 170 Å². The number of nitrogens with zero attached hydrogens (tertiary/aromatic N) is 2. The largest absolute Gasteiger partial charge is 0.454 e. The Morgan fingerprint density at radius 3 is 2.45 bits per heavy atom. The zero-order chi connectivity index (χ0) is 20.4. The molecule has 7 nitrogen and oxygen atoms in total. The van der Waals surface area contributed by atoms with Crippen molar-refractivity contribution in [1.82, 2.24) is 4.90 Å². The van der Waals surface area contributed by atoms with Crippen LogP contribution in [0.15, 0.2) is 36.4 Å². The minimum Gasteiger partial charge on any atom is -0.454 e. The van der Waals surface area contributed by atoms with Gasteiger partial charge in [0.25, 0.3) is 0 Å². The third-order valence-corrected chi connectivity index (χ3v) is 5.27. The van der Waals surface area contributed by atoms with Crippen molar-refractivity contribution in [3.8, 4) is 11.5 Å². The van der Waals surface area contributed by atoms with E-state index in [2.05, 4.69) is 46.3 Å². The summed E-state index contributed by atoms with van der Waals surface area (Å²) in [5.41, 5.74) is 3.35. The van der Waals surface area contributed by atoms with Crippen LogP contribution >= 0.6 is 0 Å². The number of aryl methyl sites for hydroxylation is 1. The van der Waals surface area contributed by atoms with Crippen molar-refractivity contribution in [3.05, 3.63) is 47.5 Å². The van der Waals surface area contributed by atoms with Crippen LogP contribution in [-0.2, 0) is 4.79 Å². The number of carbonyl (C=O) groups excluding carboxylic acids is 2. The van der Waals surface area contributed by atoms with Crippen molar-refractivity contribution in [2.45, 2.75) is 13.8 Å². The molecule has 1 N–H and O–H groups in total. The highest BCUT2D eigenvalue weighted by Gasteiger charge is 2.22. The first-order valence-electron chi connectivity index (χ1n) is 9.78. The maximum Gasteiger partial charge on any atom is 0.238 e. The molecule has 29 heavy (non-hydrogen) atoms. The van der Waals surface area contributed by atoms with Crippen LogP contribution in [0.2, 0.25) is 0 Å². The standard InChI is InChI=1S/C22H25N3O4/c1-15-4-3-5-17(10-15)25-8-6-24(7-9-25)13-22(27)23-19-12-21-20(28-14-29-21)11-18(19)16(2)26/h3-5,10-12H,6-9,13-14H2,1-2H3,(H,23,27). The molecule has 152 valence electrons. The molecule has 2 aromatic carbocycles. The number of piperazine rings is 1. The lowest BCUT2D eigenvalue weighted by Crippen LogP contribution is -2.48. The Bertz CT molecular complexity index is 936. The molecule has 0 radical (unpaired) electrons. The first kappa shape index (κ1) is 19.3. The number of anilines is 2. The minimum atomic E-state index is -0.143. The normalized spacial score (nSPS) is 16.0. The van der Waals surface area contributed by atoms with Crippen LogP contribution in [0.25, 0.3) is 0 Å². The third-order valence-electron chi connectivity index (χ3n) is 5.27. The molecule has 1 amide bonds. The van der Waals surface area contributed by atoms with E-state index in [-0.39, 0.29) is 25.0 Å². The molecule has 0 unspecified atom stereocenters. The van der Waals surface area contributed by atoms with Crippen molar-refractivity contribution in [2.75, 3.05) is 49.7 Å². The SMILES string of the molecule is CC(=O)c1cc2c(cc1NC(=O)CN1CCN(c3cccc(C)c3)CC1)OCO2. The van der Waals surface area contributed by atoms with E-state index >= 15 is 0 Å². The first-order chi connectivity index (χ1) is 14.0. The summed E-state index contributed by atoms with van der Waals surface area (Å²) >= 11 is 0. The van der Waals surface area contributed by atoms with E-state index in [4.69, 9.17) is 9.47 Å². The molecular formula is C22H25N3O4. The van der Waals surface area contributed by atoms with Gasteiger partial charge in [0.1, 0.15) is 0 Å². The quantitative estimate of drug-likeness (QED) is 0.785. The fourth-order valence-electron chi connectivity index (χ4n) is 3.72. The molecule has 0 saturated carbocycles. The van der Waals surface area contributed by atoms with E-state index in [9.17, 15) is 9.59 Å². The van der Waals surface area contributed by atoms with Gasteiger partial charge < -0.3 is 19.7 Å². The van der Waals surface area contributed by atoms with Gasteiger partial charge in [0.2, 0.25) is 12.7 Å². The second-order valence-electron chi connectivity index (χ2n) is 7.46. The molecule has 2 aliphatic rings. The Morgan fingerprint density at radius 2 is 1.76 bits per heavy atom. The van der Waals surface area contributed by atoms with Crippen LogP contribution in [-0.4, -0.2) is 56.1 Å². The van der Waals surface area contributed by atoms with E-state index in [0.717, 1.165) is 26.2 Å². The number of rotatable bonds is 5. The highest BCUT2D eigenvalue weighted by atomic mass is 16.7. The number of Topliss-reactive ketones (excluding diaryl/α,β-unsaturated/α-hetero) is 1. The molecule has 0 spiro atoms. The Balaban J connectivity index is 1.36. The fraction of sp³-hybridized carbons (Fsp3) is 0.364.